The van der Waals surface area contributed by atoms with Crippen LogP contribution in [0.3, 0.4) is 0 Å². The van der Waals surface area contributed by atoms with E-state index in [2.05, 4.69) is 16.0 Å². The Morgan fingerprint density at radius 1 is 1.08 bits per heavy atom. The maximum Gasteiger partial charge on any atom is 0.410 e. The zero-order chi connectivity index (χ0) is 19.9. The van der Waals surface area contributed by atoms with Crippen LogP contribution in [-0.2, 0) is 19.1 Å². The normalized spacial score (nSPS) is 17.0. The number of ether oxygens (including phenoxy) is 1. The van der Waals surface area contributed by atoms with Crippen molar-refractivity contribution in [3.63, 3.8) is 0 Å². The summed E-state index contributed by atoms with van der Waals surface area (Å²) in [4.78, 5) is 49.1. The topological polar surface area (TPSA) is 117 Å². The van der Waals surface area contributed by atoms with E-state index >= 15 is 0 Å². The lowest BCUT2D eigenvalue weighted by Crippen LogP contribution is -2.50. The van der Waals surface area contributed by atoms with Gasteiger partial charge in [0, 0.05) is 12.6 Å². The molecule has 0 unspecified atom stereocenters. The van der Waals surface area contributed by atoms with Crippen molar-refractivity contribution in [1.82, 2.24) is 20.9 Å². The molecule has 9 nitrogen and oxygen atoms in total. The molecule has 1 heterocycles. The summed E-state index contributed by atoms with van der Waals surface area (Å²) in [6, 6.07) is -0.665. The van der Waals surface area contributed by atoms with Gasteiger partial charge in [-0.25, -0.2) is 4.79 Å². The summed E-state index contributed by atoms with van der Waals surface area (Å²) in [7, 11) is 0. The van der Waals surface area contributed by atoms with Crippen LogP contribution in [0.4, 0.5) is 4.79 Å². The van der Waals surface area contributed by atoms with Gasteiger partial charge in [0.25, 0.3) is 0 Å². The van der Waals surface area contributed by atoms with E-state index in [0.29, 0.717) is 19.4 Å². The van der Waals surface area contributed by atoms with Gasteiger partial charge in [-0.1, -0.05) is 0 Å². The third-order valence-electron chi connectivity index (χ3n) is 3.50. The molecule has 26 heavy (non-hydrogen) atoms. The number of amides is 4. The lowest BCUT2D eigenvalue weighted by atomic mass is 10.2. The number of hydrogen-bond acceptors (Lipinski definition) is 5. The fraction of sp³-hybridized carbons (Fsp3) is 0.765. The van der Waals surface area contributed by atoms with Gasteiger partial charge < -0.3 is 20.7 Å². The largest absolute Gasteiger partial charge is 0.444 e. The van der Waals surface area contributed by atoms with Gasteiger partial charge in [-0.2, -0.15) is 0 Å². The van der Waals surface area contributed by atoms with Gasteiger partial charge in [-0.15, -0.1) is 0 Å². The SMILES string of the molecule is CC(C)NC(=O)CNC(=O)CNC(=O)[C@H]1CCCN1C(=O)OC(C)(C)C. The predicted molar refractivity (Wildman–Crippen MR) is 95.3 cm³/mol. The quantitative estimate of drug-likeness (QED) is 0.615. The number of nitrogens with zero attached hydrogens (tertiary/aromatic N) is 1. The van der Waals surface area contributed by atoms with Crippen molar-refractivity contribution >= 4 is 23.8 Å². The van der Waals surface area contributed by atoms with Gasteiger partial charge in [0.05, 0.1) is 13.1 Å². The van der Waals surface area contributed by atoms with E-state index in [4.69, 9.17) is 4.74 Å². The minimum Gasteiger partial charge on any atom is -0.444 e. The van der Waals surface area contributed by atoms with Crippen molar-refractivity contribution in [2.24, 2.45) is 0 Å². The standard InChI is InChI=1S/C17H30N4O5/c1-11(2)20-14(23)10-18-13(22)9-19-15(24)12-7-6-8-21(12)16(25)26-17(3,4)5/h11-12H,6-10H2,1-5H3,(H,18,22)(H,19,24)(H,20,23)/t12-/m1/s1. The van der Waals surface area contributed by atoms with Gasteiger partial charge in [-0.3, -0.25) is 19.3 Å². The van der Waals surface area contributed by atoms with E-state index in [9.17, 15) is 19.2 Å². The van der Waals surface area contributed by atoms with Gasteiger partial charge >= 0.3 is 6.09 Å². The Kier molecular flexibility index (Phi) is 7.85. The first-order chi connectivity index (χ1) is 12.0. The highest BCUT2D eigenvalue weighted by molar-refractivity contribution is 5.91. The number of nitrogens with one attached hydrogen (secondary N) is 3. The van der Waals surface area contributed by atoms with Crippen LogP contribution in [0.5, 0.6) is 0 Å². The third-order valence-corrected chi connectivity index (χ3v) is 3.50. The molecule has 9 heteroatoms. The summed E-state index contributed by atoms with van der Waals surface area (Å²) >= 11 is 0. The fourth-order valence-corrected chi connectivity index (χ4v) is 2.48. The smallest absolute Gasteiger partial charge is 0.410 e. The van der Waals surface area contributed by atoms with Crippen LogP contribution in [0.15, 0.2) is 0 Å². The molecule has 1 aliphatic heterocycles. The summed E-state index contributed by atoms with van der Waals surface area (Å²) in [5.41, 5.74) is -0.642. The van der Waals surface area contributed by atoms with Gasteiger partial charge in [0.15, 0.2) is 0 Å². The molecule has 1 fully saturated rings. The van der Waals surface area contributed by atoms with Crippen molar-refractivity contribution < 1.29 is 23.9 Å². The molecular formula is C17H30N4O5. The van der Waals surface area contributed by atoms with Crippen LogP contribution < -0.4 is 16.0 Å². The zero-order valence-electron chi connectivity index (χ0n) is 16.2. The Balaban J connectivity index is 2.43. The first kappa shape index (κ1) is 21.7. The van der Waals surface area contributed by atoms with Crippen LogP contribution in [0.2, 0.25) is 0 Å². The van der Waals surface area contributed by atoms with Crippen LogP contribution >= 0.6 is 0 Å². The van der Waals surface area contributed by atoms with Crippen LogP contribution in [0.1, 0.15) is 47.5 Å². The highest BCUT2D eigenvalue weighted by Gasteiger charge is 2.36. The molecule has 0 aromatic rings. The van der Waals surface area contributed by atoms with Gasteiger partial charge in [0.1, 0.15) is 11.6 Å². The number of carbonyl (C=O) groups excluding carboxylic acids is 4. The second-order valence-electron chi connectivity index (χ2n) is 7.55. The molecule has 0 aromatic carbocycles. The molecule has 0 radical (unpaired) electrons. The summed E-state index contributed by atoms with van der Waals surface area (Å²) < 4.78 is 5.31. The number of likely N-dealkylation sites (tertiary alicyclic amines) is 1. The Hall–Kier alpha value is -2.32. The molecule has 1 saturated heterocycles. The van der Waals surface area contributed by atoms with E-state index < -0.39 is 29.6 Å². The average molecular weight is 370 g/mol. The van der Waals surface area contributed by atoms with E-state index in [0.717, 1.165) is 0 Å². The molecule has 0 bridgehead atoms. The van der Waals surface area contributed by atoms with Crippen molar-refractivity contribution in [3.05, 3.63) is 0 Å². The number of carbonyl (C=O) groups is 4. The van der Waals surface area contributed by atoms with Crippen molar-refractivity contribution in [1.29, 1.82) is 0 Å². The monoisotopic (exact) mass is 370 g/mol. The minimum atomic E-state index is -0.651. The van der Waals surface area contributed by atoms with Crippen molar-refractivity contribution in [2.45, 2.75) is 65.1 Å². The molecule has 1 atom stereocenters. The van der Waals surface area contributed by atoms with E-state index in [1.54, 1.807) is 20.8 Å². The maximum atomic E-state index is 12.3. The van der Waals surface area contributed by atoms with Crippen LogP contribution in [0, 0.1) is 0 Å². The first-order valence-electron chi connectivity index (χ1n) is 8.83. The second-order valence-corrected chi connectivity index (χ2v) is 7.55. The molecule has 0 aliphatic carbocycles. The lowest BCUT2D eigenvalue weighted by molar-refractivity contribution is -0.129. The Bertz CT molecular complexity index is 542. The molecule has 0 aromatic heterocycles. The zero-order valence-corrected chi connectivity index (χ0v) is 16.2. The second kappa shape index (κ2) is 9.40. The van der Waals surface area contributed by atoms with E-state index in [1.807, 2.05) is 13.8 Å². The maximum absolute atomic E-state index is 12.3. The molecule has 148 valence electrons. The highest BCUT2D eigenvalue weighted by atomic mass is 16.6. The third kappa shape index (κ3) is 7.71. The van der Waals surface area contributed by atoms with Crippen molar-refractivity contribution in [3.8, 4) is 0 Å². The molecule has 0 saturated carbocycles. The molecule has 1 aliphatic rings. The molecule has 1 rings (SSSR count). The highest BCUT2D eigenvalue weighted by Crippen LogP contribution is 2.20. The lowest BCUT2D eigenvalue weighted by Gasteiger charge is -2.28. The predicted octanol–water partition coefficient (Wildman–Crippen LogP) is 0.143. The molecule has 3 N–H and O–H groups in total. The van der Waals surface area contributed by atoms with Gasteiger partial charge in [0.2, 0.25) is 17.7 Å². The summed E-state index contributed by atoms with van der Waals surface area (Å²) in [5, 5.41) is 7.58. The molecular weight excluding hydrogens is 340 g/mol. The fourth-order valence-electron chi connectivity index (χ4n) is 2.48. The van der Waals surface area contributed by atoms with Crippen LogP contribution in [0.25, 0.3) is 0 Å². The number of rotatable bonds is 6. The van der Waals surface area contributed by atoms with Crippen LogP contribution in [-0.4, -0.2) is 66.0 Å². The molecule has 0 spiro atoms. The number of hydrogen-bond donors (Lipinski definition) is 3. The van der Waals surface area contributed by atoms with E-state index in [1.165, 1.54) is 4.90 Å². The summed E-state index contributed by atoms with van der Waals surface area (Å²) in [6.07, 6.45) is 0.674. The van der Waals surface area contributed by atoms with E-state index in [-0.39, 0.29) is 25.0 Å². The molecule has 4 amide bonds. The van der Waals surface area contributed by atoms with Gasteiger partial charge in [-0.05, 0) is 47.5 Å². The average Bonchev–Trinajstić information content (AvgIpc) is 2.98. The summed E-state index contributed by atoms with van der Waals surface area (Å²) in [6.45, 7) is 8.94. The Labute approximate surface area is 154 Å². The first-order valence-corrected chi connectivity index (χ1v) is 8.83. The minimum absolute atomic E-state index is 0.0136. The Morgan fingerprint density at radius 2 is 1.69 bits per heavy atom. The Morgan fingerprint density at radius 3 is 2.27 bits per heavy atom. The van der Waals surface area contributed by atoms with Crippen molar-refractivity contribution in [2.75, 3.05) is 19.6 Å². The summed E-state index contributed by atoms with van der Waals surface area (Å²) in [5.74, 6) is -1.18.